The molecule has 0 saturated carbocycles. The second-order valence-corrected chi connectivity index (χ2v) is 5.96. The molecule has 1 heterocycles. The van der Waals surface area contributed by atoms with Crippen molar-refractivity contribution in [2.45, 2.75) is 17.9 Å². The van der Waals surface area contributed by atoms with Crippen LogP contribution in [-0.4, -0.2) is 16.3 Å². The summed E-state index contributed by atoms with van der Waals surface area (Å²) in [5.41, 5.74) is 3.77. The highest BCUT2D eigenvalue weighted by molar-refractivity contribution is 7.98. The van der Waals surface area contributed by atoms with E-state index in [4.69, 9.17) is 0 Å². The van der Waals surface area contributed by atoms with Crippen LogP contribution >= 0.6 is 11.8 Å². The van der Waals surface area contributed by atoms with Crippen molar-refractivity contribution >= 4 is 22.7 Å². The number of thioether (sulfide) groups is 1. The van der Waals surface area contributed by atoms with Gasteiger partial charge in [0.1, 0.15) is 6.10 Å². The van der Waals surface area contributed by atoms with Gasteiger partial charge in [-0.05, 0) is 54.6 Å². The van der Waals surface area contributed by atoms with Crippen LogP contribution in [0.15, 0.2) is 59.5 Å². The van der Waals surface area contributed by atoms with E-state index < -0.39 is 6.10 Å². The molecule has 0 aliphatic heterocycles. The quantitative estimate of drug-likeness (QED) is 0.729. The summed E-state index contributed by atoms with van der Waals surface area (Å²) in [6, 6.07) is 18.0. The molecule has 1 N–H and O–H groups in total. The highest BCUT2D eigenvalue weighted by atomic mass is 32.2. The number of aliphatic hydroxyl groups excluding tert-OH is 1. The summed E-state index contributed by atoms with van der Waals surface area (Å²) in [6.45, 7) is 1.98. The van der Waals surface area contributed by atoms with Crippen LogP contribution in [0.5, 0.6) is 0 Å². The minimum absolute atomic E-state index is 0.605. The molecule has 2 nitrogen and oxygen atoms in total. The molecule has 106 valence electrons. The molecule has 21 heavy (non-hydrogen) atoms. The first-order valence-electron chi connectivity index (χ1n) is 6.87. The van der Waals surface area contributed by atoms with E-state index in [1.165, 1.54) is 4.90 Å². The lowest BCUT2D eigenvalue weighted by Gasteiger charge is -2.13. The number of benzene rings is 2. The van der Waals surface area contributed by atoms with E-state index in [1.54, 1.807) is 11.8 Å². The molecule has 1 aromatic heterocycles. The summed E-state index contributed by atoms with van der Waals surface area (Å²) >= 11 is 1.70. The fraction of sp³-hybridized carbons (Fsp3) is 0.167. The fourth-order valence-corrected chi connectivity index (χ4v) is 2.80. The molecule has 3 heteroatoms. The van der Waals surface area contributed by atoms with Crippen LogP contribution in [0.3, 0.4) is 0 Å². The Morgan fingerprint density at radius 1 is 0.952 bits per heavy atom. The van der Waals surface area contributed by atoms with E-state index in [1.807, 2.05) is 67.8 Å². The van der Waals surface area contributed by atoms with Gasteiger partial charge in [0.2, 0.25) is 0 Å². The van der Waals surface area contributed by atoms with E-state index in [9.17, 15) is 5.11 Å². The summed E-state index contributed by atoms with van der Waals surface area (Å²) in [6.07, 6.45) is 1.44. The second kappa shape index (κ2) is 5.88. The summed E-state index contributed by atoms with van der Waals surface area (Å²) in [5.74, 6) is 0. The topological polar surface area (TPSA) is 33.1 Å². The third kappa shape index (κ3) is 2.94. The molecule has 1 atom stereocenters. The lowest BCUT2D eigenvalue weighted by molar-refractivity contribution is 0.220. The number of nitrogens with zero attached hydrogens (tertiary/aromatic N) is 1. The molecule has 0 aliphatic carbocycles. The van der Waals surface area contributed by atoms with Gasteiger partial charge in [-0.3, -0.25) is 4.98 Å². The molecule has 0 aliphatic rings. The molecule has 2 aromatic carbocycles. The lowest BCUT2D eigenvalue weighted by atomic mass is 10.00. The van der Waals surface area contributed by atoms with Crippen molar-refractivity contribution in [2.75, 3.05) is 6.26 Å². The van der Waals surface area contributed by atoms with Crippen molar-refractivity contribution in [3.05, 3.63) is 71.4 Å². The Labute approximate surface area is 128 Å². The van der Waals surface area contributed by atoms with Gasteiger partial charge >= 0.3 is 0 Å². The Kier molecular flexibility index (Phi) is 3.95. The summed E-state index contributed by atoms with van der Waals surface area (Å²) in [7, 11) is 0. The predicted octanol–water partition coefficient (Wildman–Crippen LogP) is 4.35. The average molecular weight is 295 g/mol. The number of pyridine rings is 1. The van der Waals surface area contributed by atoms with Gasteiger partial charge in [0, 0.05) is 16.0 Å². The first-order chi connectivity index (χ1) is 10.2. The standard InChI is InChI=1S/C18H17NOS/c1-12-3-4-14-11-15(7-10-17(14)19-12)18(20)13-5-8-16(21-2)9-6-13/h3-11,18,20H,1-2H3. The predicted molar refractivity (Wildman–Crippen MR) is 88.8 cm³/mol. The van der Waals surface area contributed by atoms with Crippen molar-refractivity contribution in [3.63, 3.8) is 0 Å². The highest BCUT2D eigenvalue weighted by Crippen LogP contribution is 2.26. The molecule has 0 amide bonds. The zero-order valence-electron chi connectivity index (χ0n) is 12.1. The molecular weight excluding hydrogens is 278 g/mol. The maximum Gasteiger partial charge on any atom is 0.104 e. The van der Waals surface area contributed by atoms with Crippen LogP contribution in [0.25, 0.3) is 10.9 Å². The first kappa shape index (κ1) is 14.1. The maximum atomic E-state index is 10.5. The number of hydrogen-bond acceptors (Lipinski definition) is 3. The summed E-state index contributed by atoms with van der Waals surface area (Å²) in [5, 5.41) is 11.6. The third-order valence-corrected chi connectivity index (χ3v) is 4.34. The Morgan fingerprint density at radius 2 is 1.67 bits per heavy atom. The molecule has 3 aromatic rings. The average Bonchev–Trinajstić information content (AvgIpc) is 2.53. The maximum absolute atomic E-state index is 10.5. The Hall–Kier alpha value is -1.84. The van der Waals surface area contributed by atoms with Crippen molar-refractivity contribution in [3.8, 4) is 0 Å². The number of hydrogen-bond donors (Lipinski definition) is 1. The zero-order chi connectivity index (χ0) is 14.8. The molecule has 3 rings (SSSR count). The van der Waals surface area contributed by atoms with Crippen molar-refractivity contribution in [1.29, 1.82) is 0 Å². The molecule has 0 radical (unpaired) electrons. The van der Waals surface area contributed by atoms with Crippen LogP contribution < -0.4 is 0 Å². The summed E-state index contributed by atoms with van der Waals surface area (Å²) in [4.78, 5) is 5.69. The van der Waals surface area contributed by atoms with Gasteiger partial charge in [-0.1, -0.05) is 24.3 Å². The highest BCUT2D eigenvalue weighted by Gasteiger charge is 2.11. The van der Waals surface area contributed by atoms with Gasteiger partial charge in [-0.25, -0.2) is 0 Å². The van der Waals surface area contributed by atoms with Gasteiger partial charge in [-0.2, -0.15) is 0 Å². The summed E-state index contributed by atoms with van der Waals surface area (Å²) < 4.78 is 0. The van der Waals surface area contributed by atoms with Gasteiger partial charge in [-0.15, -0.1) is 11.8 Å². The van der Waals surface area contributed by atoms with Crippen LogP contribution in [0.1, 0.15) is 22.9 Å². The number of rotatable bonds is 3. The Morgan fingerprint density at radius 3 is 2.38 bits per heavy atom. The monoisotopic (exact) mass is 295 g/mol. The molecule has 0 fully saturated rings. The van der Waals surface area contributed by atoms with Crippen LogP contribution in [0.4, 0.5) is 0 Å². The number of aliphatic hydroxyl groups is 1. The van der Waals surface area contributed by atoms with Crippen LogP contribution in [-0.2, 0) is 0 Å². The fourth-order valence-electron chi connectivity index (χ4n) is 2.39. The lowest BCUT2D eigenvalue weighted by Crippen LogP contribution is -1.99. The van der Waals surface area contributed by atoms with E-state index in [-0.39, 0.29) is 0 Å². The Balaban J connectivity index is 1.96. The van der Waals surface area contributed by atoms with Gasteiger partial charge < -0.3 is 5.11 Å². The van der Waals surface area contributed by atoms with E-state index in [2.05, 4.69) is 4.98 Å². The SMILES string of the molecule is CSc1ccc(C(O)c2ccc3nc(C)ccc3c2)cc1. The number of aryl methyl sites for hydroxylation is 1. The largest absolute Gasteiger partial charge is 0.384 e. The number of aromatic nitrogens is 1. The third-order valence-electron chi connectivity index (χ3n) is 3.60. The molecule has 0 saturated heterocycles. The minimum Gasteiger partial charge on any atom is -0.384 e. The second-order valence-electron chi connectivity index (χ2n) is 5.08. The smallest absolute Gasteiger partial charge is 0.104 e. The van der Waals surface area contributed by atoms with Gasteiger partial charge in [0.15, 0.2) is 0 Å². The van der Waals surface area contributed by atoms with E-state index >= 15 is 0 Å². The Bertz CT molecular complexity index is 768. The van der Waals surface area contributed by atoms with E-state index in [0.29, 0.717) is 0 Å². The normalized spacial score (nSPS) is 12.5. The minimum atomic E-state index is -0.605. The molecular formula is C18H17NOS. The van der Waals surface area contributed by atoms with Crippen molar-refractivity contribution in [2.24, 2.45) is 0 Å². The van der Waals surface area contributed by atoms with Crippen molar-refractivity contribution in [1.82, 2.24) is 4.98 Å². The van der Waals surface area contributed by atoms with Gasteiger partial charge in [0.25, 0.3) is 0 Å². The molecule has 0 bridgehead atoms. The number of fused-ring (bicyclic) bond motifs is 1. The zero-order valence-corrected chi connectivity index (χ0v) is 12.9. The molecule has 0 spiro atoms. The van der Waals surface area contributed by atoms with E-state index in [0.717, 1.165) is 27.7 Å². The van der Waals surface area contributed by atoms with Gasteiger partial charge in [0.05, 0.1) is 5.52 Å². The van der Waals surface area contributed by atoms with Crippen LogP contribution in [0.2, 0.25) is 0 Å². The van der Waals surface area contributed by atoms with Crippen molar-refractivity contribution < 1.29 is 5.11 Å². The van der Waals surface area contributed by atoms with Crippen LogP contribution in [0, 0.1) is 6.92 Å². The first-order valence-corrected chi connectivity index (χ1v) is 8.09. The molecule has 1 unspecified atom stereocenters.